The molecule has 0 aliphatic carbocycles. The Bertz CT molecular complexity index is 645. The average Bonchev–Trinajstić information content (AvgIpc) is 2.24. The van der Waals surface area contributed by atoms with Gasteiger partial charge in [-0.15, -0.1) is 0 Å². The Kier molecular flexibility index (Phi) is 7.79. The first-order valence-electron chi connectivity index (χ1n) is 5.04. The summed E-state index contributed by atoms with van der Waals surface area (Å²) in [6.45, 7) is 4.10. The fraction of sp³-hybridized carbons (Fsp3) is 0.182. The van der Waals surface area contributed by atoms with E-state index in [1.54, 1.807) is 0 Å². The third kappa shape index (κ3) is 5.21. The normalized spacial score (nSPS) is 10.0. The Morgan fingerprint density at radius 2 is 1.84 bits per heavy atom. The van der Waals surface area contributed by atoms with Gasteiger partial charge in [0, 0.05) is 3.57 Å². The van der Waals surface area contributed by atoms with Gasteiger partial charge in [-0.1, -0.05) is 0 Å². The summed E-state index contributed by atoms with van der Waals surface area (Å²) < 4.78 is 1.09. The van der Waals surface area contributed by atoms with Crippen molar-refractivity contribution >= 4 is 96.1 Å². The van der Waals surface area contributed by atoms with E-state index < -0.39 is 7.89 Å². The van der Waals surface area contributed by atoms with E-state index in [-0.39, 0.29) is 5.28 Å². The second-order valence-electron chi connectivity index (χ2n) is 3.71. The van der Waals surface area contributed by atoms with Gasteiger partial charge >= 0.3 is 53.1 Å². The third-order valence-electron chi connectivity index (χ3n) is 2.43. The van der Waals surface area contributed by atoms with Crippen molar-refractivity contribution in [1.29, 1.82) is 0 Å². The summed E-state index contributed by atoms with van der Waals surface area (Å²) in [5, 5.41) is 4.84. The van der Waals surface area contributed by atoms with Crippen LogP contribution < -0.4 is 5.73 Å². The molecule has 0 radical (unpaired) electrons. The summed E-state index contributed by atoms with van der Waals surface area (Å²) in [7, 11) is -0.498. The van der Waals surface area contributed by atoms with Crippen LogP contribution in [0.1, 0.15) is 11.1 Å². The van der Waals surface area contributed by atoms with E-state index in [1.165, 1.54) is 11.1 Å². The number of benzene rings is 1. The molecular weight excluding hydrogens is 641 g/mol. The first kappa shape index (κ1) is 18.3. The van der Waals surface area contributed by atoms with Gasteiger partial charge in [-0.2, -0.15) is 0 Å². The fourth-order valence-corrected chi connectivity index (χ4v) is 2.63. The zero-order valence-corrected chi connectivity index (χ0v) is 18.8. The molecular formula is C11H11ClI3N3V. The van der Waals surface area contributed by atoms with Gasteiger partial charge in [0.2, 0.25) is 5.28 Å². The van der Waals surface area contributed by atoms with Crippen molar-refractivity contribution in [3.63, 3.8) is 0 Å². The molecule has 1 aromatic carbocycles. The molecule has 0 bridgehead atoms. The van der Waals surface area contributed by atoms with Crippen LogP contribution in [-0.2, 0) is 7.89 Å². The first-order chi connectivity index (χ1) is 8.73. The van der Waals surface area contributed by atoms with Crippen molar-refractivity contribution in [2.45, 2.75) is 13.8 Å². The Morgan fingerprint density at radius 1 is 1.32 bits per heavy atom. The topological polar surface area (TPSA) is 51.8 Å². The molecule has 0 fully saturated rings. The van der Waals surface area contributed by atoms with Crippen LogP contribution in [0.4, 0.5) is 5.82 Å². The maximum absolute atomic E-state index is 5.84. The van der Waals surface area contributed by atoms with Crippen LogP contribution in [-0.4, -0.2) is 15.2 Å². The van der Waals surface area contributed by atoms with Crippen LogP contribution in [0.25, 0.3) is 10.9 Å². The van der Waals surface area contributed by atoms with Gasteiger partial charge in [-0.05, 0) is 65.2 Å². The maximum atomic E-state index is 5.84. The molecule has 0 unspecified atom stereocenters. The summed E-state index contributed by atoms with van der Waals surface area (Å²) in [6, 6.07) is 1.98. The van der Waals surface area contributed by atoms with Gasteiger partial charge in [0.1, 0.15) is 5.82 Å². The number of aryl methyl sites for hydroxylation is 1. The van der Waals surface area contributed by atoms with Crippen LogP contribution in [0.2, 0.25) is 5.28 Å². The summed E-state index contributed by atoms with van der Waals surface area (Å²) in [5.74, 6) is 0.442. The Labute approximate surface area is 157 Å². The Morgan fingerprint density at radius 3 is 2.37 bits per heavy atom. The molecule has 0 spiro atoms. The van der Waals surface area contributed by atoms with E-state index in [2.05, 4.69) is 84.7 Å². The van der Waals surface area contributed by atoms with Crippen molar-refractivity contribution in [2.24, 2.45) is 0 Å². The SMILES string of the molecule is Cc1cc2nc(Cl)nc(N)c2c(I)c1C.[CH2]=[V]([I])[I]. The molecule has 1 aromatic heterocycles. The summed E-state index contributed by atoms with van der Waals surface area (Å²) in [4.78, 5) is 8.13. The molecule has 0 atom stereocenters. The second kappa shape index (κ2) is 8.07. The molecule has 0 saturated heterocycles. The number of fused-ring (bicyclic) bond motifs is 1. The van der Waals surface area contributed by atoms with Gasteiger partial charge in [-0.3, -0.25) is 0 Å². The monoisotopic (exact) mass is 652 g/mol. The standard InChI is InChI=1S/C10H9ClIN3.CH2.2HI.V/c1-4-3-6-7(8(12)5(4)2)9(13)15-10(11)14-6;;;;/h3H,1-2H3,(H2,13,14,15);1H2;2*1H;/q;;;;+2/p-2. The molecule has 0 aliphatic heterocycles. The molecule has 1 heterocycles. The zero-order valence-electron chi connectivity index (χ0n) is 10.2. The Balaban J connectivity index is 0.000000399. The van der Waals surface area contributed by atoms with Gasteiger partial charge in [0.05, 0.1) is 10.9 Å². The van der Waals surface area contributed by atoms with Crippen molar-refractivity contribution in [3.05, 3.63) is 26.0 Å². The van der Waals surface area contributed by atoms with Gasteiger partial charge in [0.15, 0.2) is 0 Å². The summed E-state index contributed by atoms with van der Waals surface area (Å²) in [5.41, 5.74) is 9.03. The van der Waals surface area contributed by atoms with Crippen molar-refractivity contribution in [1.82, 2.24) is 9.97 Å². The van der Waals surface area contributed by atoms with Crippen LogP contribution in [0, 0.1) is 17.4 Å². The number of hydrogen-bond donors (Lipinski definition) is 1. The number of hydrogen-bond acceptors (Lipinski definition) is 3. The molecule has 0 aliphatic rings. The zero-order chi connectivity index (χ0) is 14.7. The second-order valence-corrected chi connectivity index (χ2v) is 23.3. The molecule has 2 rings (SSSR count). The van der Waals surface area contributed by atoms with Crippen LogP contribution in [0.15, 0.2) is 6.07 Å². The number of nitrogens with zero attached hydrogens (tertiary/aromatic N) is 2. The number of anilines is 1. The van der Waals surface area contributed by atoms with E-state index in [1.807, 2.05) is 13.0 Å². The molecule has 2 N–H and O–H groups in total. The van der Waals surface area contributed by atoms with Crippen LogP contribution >= 0.6 is 74.1 Å². The minimum absolute atomic E-state index is 0.194. The minimum atomic E-state index is -0.498. The quantitative estimate of drug-likeness (QED) is 0.328. The van der Waals surface area contributed by atoms with Gasteiger partial charge < -0.3 is 5.73 Å². The first-order valence-corrected chi connectivity index (χ1v) is 16.5. The number of nitrogens with two attached hydrogens (primary N) is 1. The molecule has 0 amide bonds. The van der Waals surface area contributed by atoms with Crippen LogP contribution in [0.3, 0.4) is 0 Å². The molecule has 103 valence electrons. The molecule has 8 heteroatoms. The van der Waals surface area contributed by atoms with E-state index in [4.69, 9.17) is 17.3 Å². The average molecular weight is 652 g/mol. The van der Waals surface area contributed by atoms with Crippen LogP contribution in [0.5, 0.6) is 0 Å². The Hall–Kier alpha value is 1.29. The molecule has 0 saturated carbocycles. The number of nitrogen functional groups attached to an aromatic ring is 1. The molecule has 2 aromatic rings. The fourth-order valence-electron chi connectivity index (χ4n) is 1.47. The van der Waals surface area contributed by atoms with E-state index in [0.29, 0.717) is 5.82 Å². The van der Waals surface area contributed by atoms with Crippen molar-refractivity contribution < 1.29 is 7.89 Å². The predicted octanol–water partition coefficient (Wildman–Crippen LogP) is 4.82. The van der Waals surface area contributed by atoms with Gasteiger partial charge in [0.25, 0.3) is 0 Å². The predicted molar refractivity (Wildman–Crippen MR) is 106 cm³/mol. The van der Waals surface area contributed by atoms with Crippen molar-refractivity contribution in [3.8, 4) is 0 Å². The number of halogens is 4. The summed E-state index contributed by atoms with van der Waals surface area (Å²) >= 11 is 12.8. The van der Waals surface area contributed by atoms with Crippen molar-refractivity contribution in [2.75, 3.05) is 5.73 Å². The van der Waals surface area contributed by atoms with E-state index >= 15 is 0 Å². The van der Waals surface area contributed by atoms with Gasteiger partial charge in [-0.25, -0.2) is 9.97 Å². The van der Waals surface area contributed by atoms with E-state index in [0.717, 1.165) is 14.5 Å². The molecule has 3 nitrogen and oxygen atoms in total. The third-order valence-corrected chi connectivity index (χ3v) is 3.95. The van der Waals surface area contributed by atoms with E-state index in [9.17, 15) is 0 Å². The number of rotatable bonds is 0. The number of aromatic nitrogens is 2. The molecule has 19 heavy (non-hydrogen) atoms. The summed E-state index contributed by atoms with van der Waals surface area (Å²) in [6.07, 6.45) is 0.